The number of aromatic nitrogens is 1. The molecule has 0 bridgehead atoms. The molecule has 3 saturated heterocycles. The van der Waals surface area contributed by atoms with Crippen molar-refractivity contribution in [2.75, 3.05) is 18.9 Å². The Kier molecular flexibility index (Phi) is 3.38. The van der Waals surface area contributed by atoms with Gasteiger partial charge >= 0.3 is 0 Å². The predicted molar refractivity (Wildman–Crippen MR) is 94.7 cm³/mol. The number of thiazole rings is 1. The van der Waals surface area contributed by atoms with E-state index in [0.29, 0.717) is 18.2 Å². The van der Waals surface area contributed by atoms with Crippen LogP contribution in [0.1, 0.15) is 29.3 Å². The molecular formula is C18H20N4O2S. The van der Waals surface area contributed by atoms with Crippen molar-refractivity contribution in [2.45, 2.75) is 37.2 Å². The first-order valence-corrected chi connectivity index (χ1v) is 9.44. The Morgan fingerprint density at radius 1 is 1.36 bits per heavy atom. The zero-order valence-corrected chi connectivity index (χ0v) is 14.6. The second-order valence-corrected chi connectivity index (χ2v) is 8.10. The van der Waals surface area contributed by atoms with Crippen molar-refractivity contribution >= 4 is 22.4 Å². The van der Waals surface area contributed by atoms with E-state index in [1.165, 1.54) is 11.3 Å². The lowest BCUT2D eigenvalue weighted by Crippen LogP contribution is -2.48. The number of nitrogen functional groups attached to an aromatic ring is 1. The zero-order chi connectivity index (χ0) is 17.0. The van der Waals surface area contributed by atoms with Crippen LogP contribution in [0.4, 0.5) is 5.13 Å². The largest absolute Gasteiger partial charge is 0.375 e. The van der Waals surface area contributed by atoms with Crippen molar-refractivity contribution in [2.24, 2.45) is 0 Å². The number of carbonyl (C=O) groups is 1. The van der Waals surface area contributed by atoms with E-state index in [0.717, 1.165) is 30.0 Å². The minimum absolute atomic E-state index is 0.0256. The van der Waals surface area contributed by atoms with Crippen LogP contribution in [0.3, 0.4) is 0 Å². The van der Waals surface area contributed by atoms with Gasteiger partial charge in [-0.3, -0.25) is 9.69 Å². The third-order valence-electron chi connectivity index (χ3n) is 5.68. The summed E-state index contributed by atoms with van der Waals surface area (Å²) in [4.78, 5) is 22.5. The molecule has 6 nitrogen and oxygen atoms in total. The molecule has 3 fully saturated rings. The molecule has 1 amide bonds. The van der Waals surface area contributed by atoms with E-state index in [-0.39, 0.29) is 18.0 Å². The van der Waals surface area contributed by atoms with Crippen LogP contribution in [0.15, 0.2) is 36.5 Å². The molecule has 1 spiro atoms. The molecule has 130 valence electrons. The SMILES string of the molecule is Nc1ncc(CN2CC[C@@]34OC[C@@H](c5ccccc5)N3C(=O)C[C@@H]24)s1. The summed E-state index contributed by atoms with van der Waals surface area (Å²) in [5.74, 6) is 0.199. The minimum Gasteiger partial charge on any atom is -0.375 e. The van der Waals surface area contributed by atoms with Gasteiger partial charge in [-0.05, 0) is 5.56 Å². The van der Waals surface area contributed by atoms with Gasteiger partial charge in [0.1, 0.15) is 0 Å². The first kappa shape index (κ1) is 15.3. The van der Waals surface area contributed by atoms with Crippen LogP contribution in [-0.4, -0.2) is 45.6 Å². The molecule has 1 aromatic heterocycles. The Morgan fingerprint density at radius 2 is 2.20 bits per heavy atom. The van der Waals surface area contributed by atoms with Gasteiger partial charge in [0.25, 0.3) is 0 Å². The lowest BCUT2D eigenvalue weighted by molar-refractivity contribution is -0.138. The molecule has 2 aromatic rings. The molecule has 25 heavy (non-hydrogen) atoms. The molecule has 3 aliphatic heterocycles. The van der Waals surface area contributed by atoms with Gasteiger partial charge in [-0.25, -0.2) is 4.98 Å². The van der Waals surface area contributed by atoms with Crippen molar-refractivity contribution < 1.29 is 9.53 Å². The topological polar surface area (TPSA) is 71.7 Å². The van der Waals surface area contributed by atoms with Gasteiger partial charge in [0.15, 0.2) is 10.9 Å². The molecule has 4 heterocycles. The monoisotopic (exact) mass is 356 g/mol. The molecule has 0 saturated carbocycles. The number of nitrogens with zero attached hydrogens (tertiary/aromatic N) is 3. The number of carbonyl (C=O) groups excluding carboxylic acids is 1. The highest BCUT2D eigenvalue weighted by molar-refractivity contribution is 7.15. The summed E-state index contributed by atoms with van der Waals surface area (Å²) >= 11 is 1.52. The summed E-state index contributed by atoms with van der Waals surface area (Å²) in [6.07, 6.45) is 3.22. The van der Waals surface area contributed by atoms with Gasteiger partial charge in [-0.1, -0.05) is 30.3 Å². The number of amides is 1. The summed E-state index contributed by atoms with van der Waals surface area (Å²) in [5, 5.41) is 0.592. The number of ether oxygens (including phenoxy) is 1. The number of hydrogen-bond acceptors (Lipinski definition) is 6. The number of nitrogens with two attached hydrogens (primary N) is 1. The van der Waals surface area contributed by atoms with E-state index < -0.39 is 5.72 Å². The molecule has 3 atom stereocenters. The van der Waals surface area contributed by atoms with Gasteiger partial charge in [-0.15, -0.1) is 11.3 Å². The lowest BCUT2D eigenvalue weighted by Gasteiger charge is -2.33. The lowest BCUT2D eigenvalue weighted by atomic mass is 10.0. The average Bonchev–Trinajstić information content (AvgIpc) is 3.34. The highest BCUT2D eigenvalue weighted by Gasteiger charge is 2.64. The van der Waals surface area contributed by atoms with Crippen molar-refractivity contribution in [1.82, 2.24) is 14.8 Å². The minimum atomic E-state index is -0.464. The Balaban J connectivity index is 1.43. The standard InChI is InChI=1S/C18H20N4O2S/c19-17-20-9-13(25-17)10-21-7-6-18-15(21)8-16(23)22(18)14(11-24-18)12-4-2-1-3-5-12/h1-5,9,14-15H,6-8,10-11H2,(H2,19,20)/t14-,15+,18-/m0/s1. The van der Waals surface area contributed by atoms with Crippen LogP contribution in [0, 0.1) is 0 Å². The average molecular weight is 356 g/mol. The Labute approximate surface area is 150 Å². The van der Waals surface area contributed by atoms with Gasteiger partial charge in [0, 0.05) is 37.0 Å². The molecule has 0 aliphatic carbocycles. The van der Waals surface area contributed by atoms with Crippen molar-refractivity contribution in [3.05, 3.63) is 47.0 Å². The third kappa shape index (κ3) is 2.23. The fourth-order valence-electron chi connectivity index (χ4n) is 4.63. The number of hydrogen-bond donors (Lipinski definition) is 1. The first-order chi connectivity index (χ1) is 12.2. The van der Waals surface area contributed by atoms with Gasteiger partial charge in [0.05, 0.1) is 18.7 Å². The third-order valence-corrected chi connectivity index (χ3v) is 6.49. The maximum atomic E-state index is 12.8. The van der Waals surface area contributed by atoms with Crippen LogP contribution >= 0.6 is 11.3 Å². The van der Waals surface area contributed by atoms with E-state index >= 15 is 0 Å². The summed E-state index contributed by atoms with van der Waals surface area (Å²) in [6.45, 7) is 2.28. The molecule has 0 radical (unpaired) electrons. The first-order valence-electron chi connectivity index (χ1n) is 8.63. The molecule has 5 rings (SSSR count). The van der Waals surface area contributed by atoms with E-state index in [2.05, 4.69) is 22.0 Å². The Bertz CT molecular complexity index is 810. The quantitative estimate of drug-likeness (QED) is 0.911. The van der Waals surface area contributed by atoms with Crippen LogP contribution in [0.25, 0.3) is 0 Å². The molecule has 0 unspecified atom stereocenters. The van der Waals surface area contributed by atoms with Gasteiger partial charge in [0.2, 0.25) is 5.91 Å². The Hall–Kier alpha value is -1.96. The molecule has 2 N–H and O–H groups in total. The van der Waals surface area contributed by atoms with Crippen molar-refractivity contribution in [3.63, 3.8) is 0 Å². The molecule has 7 heteroatoms. The van der Waals surface area contributed by atoms with E-state index in [1.54, 1.807) is 0 Å². The summed E-state index contributed by atoms with van der Waals surface area (Å²) in [5.41, 5.74) is 6.44. The smallest absolute Gasteiger partial charge is 0.227 e. The van der Waals surface area contributed by atoms with Crippen molar-refractivity contribution in [3.8, 4) is 0 Å². The number of likely N-dealkylation sites (tertiary alicyclic amines) is 1. The van der Waals surface area contributed by atoms with Crippen LogP contribution in [0.2, 0.25) is 0 Å². The maximum Gasteiger partial charge on any atom is 0.227 e. The highest BCUT2D eigenvalue weighted by atomic mass is 32.1. The van der Waals surface area contributed by atoms with E-state index in [1.807, 2.05) is 29.3 Å². The second kappa shape index (κ2) is 5.52. The molecule has 1 aromatic carbocycles. The fourth-order valence-corrected chi connectivity index (χ4v) is 5.34. The maximum absolute atomic E-state index is 12.8. The van der Waals surface area contributed by atoms with Crippen LogP contribution in [-0.2, 0) is 16.1 Å². The predicted octanol–water partition coefficient (Wildman–Crippen LogP) is 2.00. The summed E-state index contributed by atoms with van der Waals surface area (Å²) < 4.78 is 6.33. The molecule has 3 aliphatic rings. The number of rotatable bonds is 3. The van der Waals surface area contributed by atoms with E-state index in [9.17, 15) is 4.79 Å². The normalized spacial score (nSPS) is 31.5. The zero-order valence-electron chi connectivity index (χ0n) is 13.8. The second-order valence-electron chi connectivity index (χ2n) is 6.95. The number of benzene rings is 1. The highest BCUT2D eigenvalue weighted by Crippen LogP contribution is 2.51. The van der Waals surface area contributed by atoms with Crippen LogP contribution < -0.4 is 5.73 Å². The van der Waals surface area contributed by atoms with Gasteiger partial charge in [-0.2, -0.15) is 0 Å². The van der Waals surface area contributed by atoms with Crippen molar-refractivity contribution in [1.29, 1.82) is 0 Å². The fraction of sp³-hybridized carbons (Fsp3) is 0.444. The summed E-state index contributed by atoms with van der Waals surface area (Å²) in [7, 11) is 0. The van der Waals surface area contributed by atoms with Gasteiger partial charge < -0.3 is 15.4 Å². The molecular weight excluding hydrogens is 336 g/mol. The number of anilines is 1. The Morgan fingerprint density at radius 3 is 2.96 bits per heavy atom. The van der Waals surface area contributed by atoms with Crippen LogP contribution in [0.5, 0.6) is 0 Å². The van der Waals surface area contributed by atoms with E-state index in [4.69, 9.17) is 10.5 Å². The summed E-state index contributed by atoms with van der Waals surface area (Å²) in [6, 6.07) is 10.3.